The molecule has 2 heterocycles. The predicted molar refractivity (Wildman–Crippen MR) is 104 cm³/mol. The summed E-state index contributed by atoms with van der Waals surface area (Å²) in [5, 5.41) is 0. The van der Waals surface area contributed by atoms with Crippen LogP contribution in [-0.4, -0.2) is 40.6 Å². The lowest BCUT2D eigenvalue weighted by atomic mass is 9.94. The fourth-order valence-corrected chi connectivity index (χ4v) is 3.55. The molecule has 1 unspecified atom stereocenters. The molecule has 1 aliphatic heterocycles. The molecular formula is C21H27N3O3. The van der Waals surface area contributed by atoms with Crippen LogP contribution in [0.5, 0.6) is 5.75 Å². The minimum absolute atomic E-state index is 0.0254. The molecule has 0 bridgehead atoms. The minimum atomic E-state index is -0.141. The highest BCUT2D eigenvalue weighted by Crippen LogP contribution is 2.28. The van der Waals surface area contributed by atoms with Gasteiger partial charge >= 0.3 is 0 Å². The Morgan fingerprint density at radius 1 is 1.22 bits per heavy atom. The lowest BCUT2D eigenvalue weighted by Gasteiger charge is -2.25. The Bertz CT molecular complexity index is 858. The highest BCUT2D eigenvalue weighted by Gasteiger charge is 2.23. The summed E-state index contributed by atoms with van der Waals surface area (Å²) in [5.74, 6) is 1.11. The van der Waals surface area contributed by atoms with Crippen LogP contribution < -0.4 is 10.3 Å². The van der Waals surface area contributed by atoms with Crippen LogP contribution in [-0.2, 0) is 11.3 Å². The molecule has 2 aromatic rings. The van der Waals surface area contributed by atoms with Gasteiger partial charge in [0.2, 0.25) is 5.91 Å². The van der Waals surface area contributed by atoms with Crippen LogP contribution in [0.3, 0.4) is 0 Å². The Balaban J connectivity index is 1.74. The summed E-state index contributed by atoms with van der Waals surface area (Å²) >= 11 is 0. The van der Waals surface area contributed by atoms with Gasteiger partial charge in [0.15, 0.2) is 0 Å². The third-order valence-electron chi connectivity index (χ3n) is 5.43. The summed E-state index contributed by atoms with van der Waals surface area (Å²) in [5.41, 5.74) is 2.38. The summed E-state index contributed by atoms with van der Waals surface area (Å²) in [6.07, 6.45) is 4.60. The molecule has 0 aliphatic carbocycles. The van der Waals surface area contributed by atoms with Crippen molar-refractivity contribution in [2.75, 3.05) is 20.2 Å². The van der Waals surface area contributed by atoms with E-state index in [-0.39, 0.29) is 18.0 Å². The van der Waals surface area contributed by atoms with E-state index < -0.39 is 0 Å². The summed E-state index contributed by atoms with van der Waals surface area (Å²) in [6.45, 7) is 5.01. The summed E-state index contributed by atoms with van der Waals surface area (Å²) in [4.78, 5) is 31.3. The van der Waals surface area contributed by atoms with Gasteiger partial charge in [-0.15, -0.1) is 0 Å². The van der Waals surface area contributed by atoms with E-state index in [2.05, 4.69) is 17.1 Å². The molecule has 1 atom stereocenters. The zero-order valence-corrected chi connectivity index (χ0v) is 16.3. The molecule has 27 heavy (non-hydrogen) atoms. The van der Waals surface area contributed by atoms with E-state index >= 15 is 0 Å². The molecule has 144 valence electrons. The van der Waals surface area contributed by atoms with E-state index in [1.165, 1.54) is 16.5 Å². The first-order valence-corrected chi connectivity index (χ1v) is 9.44. The van der Waals surface area contributed by atoms with Gasteiger partial charge < -0.3 is 9.64 Å². The number of carbonyl (C=O) groups excluding carboxylic acids is 1. The maximum absolute atomic E-state index is 12.9. The number of ether oxygens (including phenoxy) is 1. The van der Waals surface area contributed by atoms with E-state index in [4.69, 9.17) is 4.74 Å². The Hall–Kier alpha value is -2.63. The SMILES string of the molecule is COc1ccc(C2CCCCN(C(=O)Cn3cnc(C)c(C)c3=O)C2)cc1. The zero-order chi connectivity index (χ0) is 19.4. The zero-order valence-electron chi connectivity index (χ0n) is 16.3. The molecule has 1 aromatic heterocycles. The number of amides is 1. The molecule has 0 spiro atoms. The van der Waals surface area contributed by atoms with Gasteiger partial charge in [-0.05, 0) is 44.4 Å². The van der Waals surface area contributed by atoms with Gasteiger partial charge in [0.25, 0.3) is 5.56 Å². The Morgan fingerprint density at radius 3 is 2.67 bits per heavy atom. The molecule has 0 radical (unpaired) electrons. The van der Waals surface area contributed by atoms with Gasteiger partial charge in [0.1, 0.15) is 12.3 Å². The second-order valence-electron chi connectivity index (χ2n) is 7.19. The number of rotatable bonds is 4. The number of carbonyl (C=O) groups is 1. The monoisotopic (exact) mass is 369 g/mol. The van der Waals surface area contributed by atoms with Crippen LogP contribution in [0, 0.1) is 13.8 Å². The lowest BCUT2D eigenvalue weighted by molar-refractivity contribution is -0.132. The van der Waals surface area contributed by atoms with Crippen molar-refractivity contribution in [2.45, 2.75) is 45.6 Å². The molecule has 0 saturated carbocycles. The third-order valence-corrected chi connectivity index (χ3v) is 5.43. The molecule has 0 N–H and O–H groups in total. The van der Waals surface area contributed by atoms with Crippen molar-refractivity contribution in [3.63, 3.8) is 0 Å². The van der Waals surface area contributed by atoms with Crippen molar-refractivity contribution in [2.24, 2.45) is 0 Å². The first-order valence-electron chi connectivity index (χ1n) is 9.44. The Morgan fingerprint density at radius 2 is 1.96 bits per heavy atom. The summed E-state index contributed by atoms with van der Waals surface area (Å²) < 4.78 is 6.65. The maximum Gasteiger partial charge on any atom is 0.256 e. The van der Waals surface area contributed by atoms with E-state index in [0.29, 0.717) is 23.7 Å². The molecule has 3 rings (SSSR count). The second-order valence-corrected chi connectivity index (χ2v) is 7.19. The molecule has 6 heteroatoms. The van der Waals surface area contributed by atoms with Gasteiger partial charge in [-0.25, -0.2) is 4.98 Å². The molecular weight excluding hydrogens is 342 g/mol. The van der Waals surface area contributed by atoms with E-state index in [9.17, 15) is 9.59 Å². The van der Waals surface area contributed by atoms with Crippen molar-refractivity contribution >= 4 is 5.91 Å². The number of hydrogen-bond acceptors (Lipinski definition) is 4. The van der Waals surface area contributed by atoms with Crippen molar-refractivity contribution in [3.8, 4) is 5.75 Å². The molecule has 1 aromatic carbocycles. The van der Waals surface area contributed by atoms with Crippen molar-refractivity contribution in [3.05, 3.63) is 57.8 Å². The fourth-order valence-electron chi connectivity index (χ4n) is 3.55. The van der Waals surface area contributed by atoms with Crippen molar-refractivity contribution in [1.29, 1.82) is 0 Å². The molecule has 1 saturated heterocycles. The largest absolute Gasteiger partial charge is 0.497 e. The molecule has 1 aliphatic rings. The van der Waals surface area contributed by atoms with E-state index in [0.717, 1.165) is 31.6 Å². The van der Waals surface area contributed by atoms with Gasteiger partial charge in [-0.3, -0.25) is 14.2 Å². The van der Waals surface area contributed by atoms with Gasteiger partial charge in [-0.1, -0.05) is 18.6 Å². The summed E-state index contributed by atoms with van der Waals surface area (Å²) in [6, 6.07) is 8.09. The first kappa shape index (κ1) is 19.1. The Labute approximate surface area is 159 Å². The van der Waals surface area contributed by atoms with Crippen LogP contribution >= 0.6 is 0 Å². The van der Waals surface area contributed by atoms with Crippen molar-refractivity contribution in [1.82, 2.24) is 14.5 Å². The topological polar surface area (TPSA) is 64.4 Å². The average Bonchev–Trinajstić information content (AvgIpc) is 2.95. The molecule has 1 amide bonds. The van der Waals surface area contributed by atoms with Gasteiger partial charge in [-0.2, -0.15) is 0 Å². The maximum atomic E-state index is 12.9. The standard InChI is InChI=1S/C21H27N3O3/c1-15-16(2)22-14-24(21(15)26)13-20(25)23-11-5-4-6-18(12-23)17-7-9-19(27-3)10-8-17/h7-10,14,18H,4-6,11-13H2,1-3H3. The van der Waals surface area contributed by atoms with Crippen molar-refractivity contribution < 1.29 is 9.53 Å². The first-order chi connectivity index (χ1) is 13.0. The molecule has 1 fully saturated rings. The Kier molecular flexibility index (Phi) is 5.94. The quantitative estimate of drug-likeness (QED) is 0.831. The smallest absolute Gasteiger partial charge is 0.256 e. The van der Waals surface area contributed by atoms with Crippen LogP contribution in [0.2, 0.25) is 0 Å². The number of aromatic nitrogens is 2. The van der Waals surface area contributed by atoms with Gasteiger partial charge in [0.05, 0.1) is 13.4 Å². The minimum Gasteiger partial charge on any atom is -0.497 e. The van der Waals surface area contributed by atoms with Gasteiger partial charge in [0, 0.05) is 30.3 Å². The predicted octanol–water partition coefficient (Wildman–Crippen LogP) is 2.67. The fraction of sp³-hybridized carbons (Fsp3) is 0.476. The van der Waals surface area contributed by atoms with Crippen LogP contribution in [0.25, 0.3) is 0 Å². The van der Waals surface area contributed by atoms with Crippen LogP contribution in [0.1, 0.15) is 42.0 Å². The number of hydrogen-bond donors (Lipinski definition) is 0. The normalized spacial score (nSPS) is 17.4. The van der Waals surface area contributed by atoms with Crippen LogP contribution in [0.15, 0.2) is 35.4 Å². The summed E-state index contributed by atoms with van der Waals surface area (Å²) in [7, 11) is 1.66. The number of nitrogens with zero attached hydrogens (tertiary/aromatic N) is 3. The second kappa shape index (κ2) is 8.37. The highest BCUT2D eigenvalue weighted by molar-refractivity contribution is 5.76. The number of likely N-dealkylation sites (tertiary alicyclic amines) is 1. The number of aryl methyl sites for hydroxylation is 1. The van der Waals surface area contributed by atoms with E-state index in [1.807, 2.05) is 17.0 Å². The highest BCUT2D eigenvalue weighted by atomic mass is 16.5. The number of methoxy groups -OCH3 is 1. The average molecular weight is 369 g/mol. The number of benzene rings is 1. The van der Waals surface area contributed by atoms with E-state index in [1.54, 1.807) is 21.0 Å². The molecule has 6 nitrogen and oxygen atoms in total. The lowest BCUT2D eigenvalue weighted by Crippen LogP contribution is -2.39. The van der Waals surface area contributed by atoms with Crippen LogP contribution in [0.4, 0.5) is 0 Å². The third kappa shape index (κ3) is 4.38.